The smallest absolute Gasteiger partial charge is 0.408 e. The molecular weight excluding hydrogens is 340 g/mol. The summed E-state index contributed by atoms with van der Waals surface area (Å²) in [6, 6.07) is 7.31. The molecule has 0 unspecified atom stereocenters. The third kappa shape index (κ3) is 3.11. The van der Waals surface area contributed by atoms with Gasteiger partial charge in [0, 0.05) is 19.0 Å². The number of fused-ring (bicyclic) bond motifs is 1. The van der Waals surface area contributed by atoms with Crippen molar-refractivity contribution in [2.75, 3.05) is 0 Å². The van der Waals surface area contributed by atoms with Crippen LogP contribution >= 0.6 is 0 Å². The molecule has 0 spiro atoms. The van der Waals surface area contributed by atoms with Gasteiger partial charge >= 0.3 is 5.76 Å². The quantitative estimate of drug-likeness (QED) is 0.875. The van der Waals surface area contributed by atoms with Gasteiger partial charge in [-0.1, -0.05) is 12.1 Å². The molecule has 1 atom stereocenters. The standard InChI is InChI=1S/C22H28N2O3/c1-14(13-24-18-4-2-3-5-19(18)27-21(24)26)23-20(25)12-22-9-15-6-16(10-22)8-17(7-15)11-22/h2-5,14-17H,6-13H2,1H3,(H,23,25)/t14-,15?,16?,17?,22?/m0/s1. The fourth-order valence-electron chi connectivity index (χ4n) is 6.68. The highest BCUT2D eigenvalue weighted by atomic mass is 16.4. The Morgan fingerprint density at radius 1 is 1.19 bits per heavy atom. The summed E-state index contributed by atoms with van der Waals surface area (Å²) < 4.78 is 6.91. The van der Waals surface area contributed by atoms with Crippen molar-refractivity contribution < 1.29 is 9.21 Å². The average molecular weight is 368 g/mol. The lowest BCUT2D eigenvalue weighted by Gasteiger charge is -2.56. The van der Waals surface area contributed by atoms with Crippen molar-refractivity contribution in [1.29, 1.82) is 0 Å². The number of benzene rings is 1. The minimum absolute atomic E-state index is 0.106. The van der Waals surface area contributed by atoms with Crippen LogP contribution in [0.4, 0.5) is 0 Å². The molecule has 5 heteroatoms. The van der Waals surface area contributed by atoms with Crippen LogP contribution in [0, 0.1) is 23.2 Å². The highest BCUT2D eigenvalue weighted by Gasteiger charge is 2.51. The summed E-state index contributed by atoms with van der Waals surface area (Å²) in [5, 5.41) is 3.14. The topological polar surface area (TPSA) is 64.2 Å². The van der Waals surface area contributed by atoms with E-state index in [1.807, 2.05) is 25.1 Å². The maximum absolute atomic E-state index is 12.8. The Morgan fingerprint density at radius 3 is 2.48 bits per heavy atom. The maximum atomic E-state index is 12.8. The summed E-state index contributed by atoms with van der Waals surface area (Å²) in [6.45, 7) is 2.40. The number of oxazole rings is 1. The zero-order valence-corrected chi connectivity index (χ0v) is 15.9. The molecule has 5 nitrogen and oxygen atoms in total. The molecule has 0 aliphatic heterocycles. The number of nitrogens with zero attached hydrogens (tertiary/aromatic N) is 1. The Kier molecular flexibility index (Phi) is 3.95. The third-order valence-electron chi connectivity index (χ3n) is 7.14. The zero-order valence-electron chi connectivity index (χ0n) is 15.9. The Hall–Kier alpha value is -2.04. The number of rotatable bonds is 5. The number of hydrogen-bond acceptors (Lipinski definition) is 3. The van der Waals surface area contributed by atoms with Gasteiger partial charge in [0.05, 0.1) is 5.52 Å². The second kappa shape index (κ2) is 6.25. The Labute approximate surface area is 159 Å². The first-order chi connectivity index (χ1) is 13.0. The molecule has 1 aromatic heterocycles. The van der Waals surface area contributed by atoms with Crippen LogP contribution < -0.4 is 11.1 Å². The van der Waals surface area contributed by atoms with Gasteiger partial charge in [0.2, 0.25) is 5.91 Å². The predicted octanol–water partition coefficient (Wildman–Crippen LogP) is 3.71. The molecule has 6 rings (SSSR count). The van der Waals surface area contributed by atoms with Crippen molar-refractivity contribution >= 4 is 17.0 Å². The SMILES string of the molecule is C[C@@H](Cn1c(=O)oc2ccccc21)NC(=O)CC12CC3CC(CC(C3)C1)C2. The van der Waals surface area contributed by atoms with Gasteiger partial charge in [-0.25, -0.2) is 4.79 Å². The summed E-state index contributed by atoms with van der Waals surface area (Å²) in [6.07, 6.45) is 8.57. The molecule has 144 valence electrons. The molecular formula is C22H28N2O3. The first-order valence-electron chi connectivity index (χ1n) is 10.4. The van der Waals surface area contributed by atoms with E-state index in [0.717, 1.165) is 23.3 Å². The van der Waals surface area contributed by atoms with Crippen LogP contribution in [0.2, 0.25) is 0 Å². The predicted molar refractivity (Wildman–Crippen MR) is 103 cm³/mol. The largest absolute Gasteiger partial charge is 0.420 e. The molecule has 4 fully saturated rings. The lowest BCUT2D eigenvalue weighted by Crippen LogP contribution is -2.49. The second-order valence-corrected chi connectivity index (χ2v) is 9.51. The van der Waals surface area contributed by atoms with Gasteiger partial charge in [-0.3, -0.25) is 9.36 Å². The molecule has 4 aliphatic carbocycles. The minimum atomic E-state index is -0.363. The van der Waals surface area contributed by atoms with Gasteiger partial charge in [-0.15, -0.1) is 0 Å². The molecule has 2 aromatic rings. The first-order valence-corrected chi connectivity index (χ1v) is 10.4. The van der Waals surface area contributed by atoms with Crippen LogP contribution in [0.5, 0.6) is 0 Å². The van der Waals surface area contributed by atoms with Crippen LogP contribution in [0.1, 0.15) is 51.9 Å². The molecule has 0 saturated heterocycles. The summed E-state index contributed by atoms with van der Waals surface area (Å²) in [4.78, 5) is 24.9. The van der Waals surface area contributed by atoms with Gasteiger partial charge in [-0.2, -0.15) is 0 Å². The van der Waals surface area contributed by atoms with Gasteiger partial charge in [0.25, 0.3) is 0 Å². The average Bonchev–Trinajstić information content (AvgIpc) is 2.88. The third-order valence-corrected chi connectivity index (χ3v) is 7.14. The molecule has 1 N–H and O–H groups in total. The summed E-state index contributed by atoms with van der Waals surface area (Å²) in [5.41, 5.74) is 1.62. The van der Waals surface area contributed by atoms with Crippen LogP contribution in [0.25, 0.3) is 11.1 Å². The van der Waals surface area contributed by atoms with Crippen molar-refractivity contribution in [2.45, 2.75) is 64.5 Å². The highest BCUT2D eigenvalue weighted by molar-refractivity contribution is 5.77. The monoisotopic (exact) mass is 368 g/mol. The summed E-state index contributed by atoms with van der Waals surface area (Å²) >= 11 is 0. The molecule has 1 aromatic carbocycles. The van der Waals surface area contributed by atoms with Crippen LogP contribution in [0.15, 0.2) is 33.5 Å². The number of aromatic nitrogens is 1. The van der Waals surface area contributed by atoms with E-state index in [2.05, 4.69) is 5.32 Å². The van der Waals surface area contributed by atoms with Crippen molar-refractivity contribution in [2.24, 2.45) is 23.2 Å². The Balaban J connectivity index is 1.25. The lowest BCUT2D eigenvalue weighted by atomic mass is 9.49. The second-order valence-electron chi connectivity index (χ2n) is 9.51. The molecule has 4 aliphatic rings. The Morgan fingerprint density at radius 2 is 1.81 bits per heavy atom. The van der Waals surface area contributed by atoms with E-state index in [1.54, 1.807) is 10.6 Å². The van der Waals surface area contributed by atoms with Gasteiger partial charge in [0.15, 0.2) is 5.58 Å². The normalized spacial score (nSPS) is 32.7. The van der Waals surface area contributed by atoms with E-state index in [0.29, 0.717) is 18.5 Å². The summed E-state index contributed by atoms with van der Waals surface area (Å²) in [5.74, 6) is 2.36. The maximum Gasteiger partial charge on any atom is 0.420 e. The van der Waals surface area contributed by atoms with Crippen molar-refractivity contribution in [1.82, 2.24) is 9.88 Å². The van der Waals surface area contributed by atoms with E-state index in [9.17, 15) is 9.59 Å². The Bertz CT molecular complexity index is 890. The van der Waals surface area contributed by atoms with Gasteiger partial charge in [0.1, 0.15) is 0 Å². The molecule has 1 heterocycles. The zero-order chi connectivity index (χ0) is 18.6. The number of carbonyl (C=O) groups excluding carboxylic acids is 1. The van der Waals surface area contributed by atoms with Crippen molar-refractivity contribution in [3.63, 3.8) is 0 Å². The van der Waals surface area contributed by atoms with Crippen LogP contribution in [0.3, 0.4) is 0 Å². The van der Waals surface area contributed by atoms with E-state index < -0.39 is 0 Å². The number of amides is 1. The van der Waals surface area contributed by atoms with Crippen LogP contribution in [-0.2, 0) is 11.3 Å². The molecule has 4 bridgehead atoms. The lowest BCUT2D eigenvalue weighted by molar-refractivity contribution is -0.130. The van der Waals surface area contributed by atoms with Gasteiger partial charge in [-0.05, 0) is 80.8 Å². The first kappa shape index (κ1) is 17.1. The van der Waals surface area contributed by atoms with E-state index in [4.69, 9.17) is 4.42 Å². The fourth-order valence-corrected chi connectivity index (χ4v) is 6.68. The molecule has 27 heavy (non-hydrogen) atoms. The number of carbonyl (C=O) groups is 1. The molecule has 0 radical (unpaired) electrons. The number of para-hydroxylation sites is 2. The number of hydrogen-bond donors (Lipinski definition) is 1. The number of nitrogens with one attached hydrogen (secondary N) is 1. The minimum Gasteiger partial charge on any atom is -0.408 e. The van der Waals surface area contributed by atoms with E-state index >= 15 is 0 Å². The van der Waals surface area contributed by atoms with Crippen molar-refractivity contribution in [3.05, 3.63) is 34.8 Å². The van der Waals surface area contributed by atoms with E-state index in [1.165, 1.54) is 38.5 Å². The van der Waals surface area contributed by atoms with Crippen LogP contribution in [-0.4, -0.2) is 16.5 Å². The van der Waals surface area contributed by atoms with Gasteiger partial charge < -0.3 is 9.73 Å². The molecule has 1 amide bonds. The highest BCUT2D eigenvalue weighted by Crippen LogP contribution is 2.61. The fraction of sp³-hybridized carbons (Fsp3) is 0.636. The summed E-state index contributed by atoms with van der Waals surface area (Å²) in [7, 11) is 0. The van der Waals surface area contributed by atoms with E-state index in [-0.39, 0.29) is 23.1 Å². The van der Waals surface area contributed by atoms with Crippen molar-refractivity contribution in [3.8, 4) is 0 Å². The molecule has 4 saturated carbocycles.